The molecule has 26 heavy (non-hydrogen) atoms. The van der Waals surface area contributed by atoms with Crippen molar-refractivity contribution < 1.29 is 13.9 Å². The molecule has 3 aromatic carbocycles. The van der Waals surface area contributed by atoms with E-state index in [9.17, 15) is 9.18 Å². The number of amides is 1. The predicted octanol–water partition coefficient (Wildman–Crippen LogP) is 4.63. The number of halogens is 1. The molecule has 4 nitrogen and oxygen atoms in total. The third-order valence-corrected chi connectivity index (χ3v) is 3.89. The SMILES string of the molecule is COc1cccc(NC(=O)[C@H](Nc2ccc(F)cc2)c2ccccc2)c1. The van der Waals surface area contributed by atoms with Gasteiger partial charge in [-0.2, -0.15) is 0 Å². The molecular weight excluding hydrogens is 331 g/mol. The summed E-state index contributed by atoms with van der Waals surface area (Å²) in [6, 6.07) is 21.8. The maximum Gasteiger partial charge on any atom is 0.251 e. The van der Waals surface area contributed by atoms with Gasteiger partial charge in [-0.1, -0.05) is 36.4 Å². The molecule has 3 aromatic rings. The third kappa shape index (κ3) is 4.39. The van der Waals surface area contributed by atoms with Gasteiger partial charge >= 0.3 is 0 Å². The predicted molar refractivity (Wildman–Crippen MR) is 101 cm³/mol. The highest BCUT2D eigenvalue weighted by atomic mass is 19.1. The first-order valence-corrected chi connectivity index (χ1v) is 8.17. The van der Waals surface area contributed by atoms with Crippen molar-refractivity contribution in [1.82, 2.24) is 0 Å². The highest BCUT2D eigenvalue weighted by Gasteiger charge is 2.20. The molecule has 0 heterocycles. The summed E-state index contributed by atoms with van der Waals surface area (Å²) in [4.78, 5) is 12.9. The van der Waals surface area contributed by atoms with Crippen molar-refractivity contribution in [3.63, 3.8) is 0 Å². The Morgan fingerprint density at radius 2 is 1.65 bits per heavy atom. The van der Waals surface area contributed by atoms with Crippen LogP contribution in [0, 0.1) is 5.82 Å². The summed E-state index contributed by atoms with van der Waals surface area (Å²) in [6.07, 6.45) is 0. The van der Waals surface area contributed by atoms with Crippen LogP contribution in [0.3, 0.4) is 0 Å². The number of benzene rings is 3. The van der Waals surface area contributed by atoms with Crippen LogP contribution in [0.25, 0.3) is 0 Å². The third-order valence-electron chi connectivity index (χ3n) is 3.89. The summed E-state index contributed by atoms with van der Waals surface area (Å²) in [7, 11) is 1.57. The molecule has 0 spiro atoms. The first-order valence-electron chi connectivity index (χ1n) is 8.17. The highest BCUT2D eigenvalue weighted by Crippen LogP contribution is 2.23. The van der Waals surface area contributed by atoms with Crippen LogP contribution in [-0.2, 0) is 4.79 Å². The average molecular weight is 350 g/mol. The standard InChI is InChI=1S/C21H19FN2O2/c1-26-19-9-5-8-18(14-19)24-21(25)20(15-6-3-2-4-7-15)23-17-12-10-16(22)11-13-17/h2-14,20,23H,1H3,(H,24,25)/t20-/m1/s1. The smallest absolute Gasteiger partial charge is 0.251 e. The Kier molecular flexibility index (Phi) is 5.49. The summed E-state index contributed by atoms with van der Waals surface area (Å²) in [5, 5.41) is 6.05. The molecule has 0 saturated heterocycles. The molecule has 0 bridgehead atoms. The van der Waals surface area contributed by atoms with Gasteiger partial charge in [0, 0.05) is 17.4 Å². The zero-order valence-corrected chi connectivity index (χ0v) is 14.3. The minimum absolute atomic E-state index is 0.228. The lowest BCUT2D eigenvalue weighted by Gasteiger charge is -2.20. The molecule has 2 N–H and O–H groups in total. The second kappa shape index (κ2) is 8.16. The molecule has 0 radical (unpaired) electrons. The Balaban J connectivity index is 1.84. The minimum Gasteiger partial charge on any atom is -0.497 e. The van der Waals surface area contributed by atoms with Crippen molar-refractivity contribution in [3.05, 3.63) is 90.2 Å². The van der Waals surface area contributed by atoms with Gasteiger partial charge in [-0.15, -0.1) is 0 Å². The number of hydrogen-bond acceptors (Lipinski definition) is 3. The number of nitrogens with one attached hydrogen (secondary N) is 2. The molecule has 5 heteroatoms. The van der Waals surface area contributed by atoms with Gasteiger partial charge < -0.3 is 15.4 Å². The van der Waals surface area contributed by atoms with Gasteiger partial charge in [0.1, 0.15) is 17.6 Å². The van der Waals surface area contributed by atoms with Crippen LogP contribution >= 0.6 is 0 Å². The normalized spacial score (nSPS) is 11.5. The van der Waals surface area contributed by atoms with E-state index < -0.39 is 6.04 Å². The number of carbonyl (C=O) groups excluding carboxylic acids is 1. The Morgan fingerprint density at radius 1 is 0.923 bits per heavy atom. The highest BCUT2D eigenvalue weighted by molar-refractivity contribution is 5.97. The molecule has 0 aliphatic heterocycles. The monoisotopic (exact) mass is 350 g/mol. The van der Waals surface area contributed by atoms with E-state index in [0.717, 1.165) is 5.56 Å². The molecule has 0 aliphatic rings. The molecule has 1 amide bonds. The van der Waals surface area contributed by atoms with E-state index in [0.29, 0.717) is 17.1 Å². The first-order chi connectivity index (χ1) is 12.7. The number of ether oxygens (including phenoxy) is 1. The van der Waals surface area contributed by atoms with Crippen molar-refractivity contribution in [1.29, 1.82) is 0 Å². The molecule has 0 saturated carbocycles. The Bertz CT molecular complexity index is 867. The van der Waals surface area contributed by atoms with Gasteiger partial charge in [-0.3, -0.25) is 4.79 Å². The van der Waals surface area contributed by atoms with E-state index in [-0.39, 0.29) is 11.7 Å². The maximum absolute atomic E-state index is 13.1. The maximum atomic E-state index is 13.1. The molecule has 0 unspecified atom stereocenters. The zero-order chi connectivity index (χ0) is 18.4. The summed E-state index contributed by atoms with van der Waals surface area (Å²) in [5.74, 6) is 0.104. The second-order valence-electron chi connectivity index (χ2n) is 5.72. The topological polar surface area (TPSA) is 50.4 Å². The van der Waals surface area contributed by atoms with Crippen LogP contribution in [0.15, 0.2) is 78.9 Å². The molecule has 0 aromatic heterocycles. The Labute approximate surface area is 151 Å². The Hall–Kier alpha value is -3.34. The van der Waals surface area contributed by atoms with Crippen LogP contribution in [0.5, 0.6) is 5.75 Å². The van der Waals surface area contributed by atoms with Crippen LogP contribution in [-0.4, -0.2) is 13.0 Å². The van der Waals surface area contributed by atoms with E-state index in [4.69, 9.17) is 4.74 Å². The number of carbonyl (C=O) groups is 1. The molecular formula is C21H19FN2O2. The average Bonchev–Trinajstić information content (AvgIpc) is 2.68. The van der Waals surface area contributed by atoms with E-state index in [2.05, 4.69) is 10.6 Å². The largest absolute Gasteiger partial charge is 0.497 e. The number of methoxy groups -OCH3 is 1. The van der Waals surface area contributed by atoms with Crippen molar-refractivity contribution >= 4 is 17.3 Å². The first kappa shape index (κ1) is 17.5. The van der Waals surface area contributed by atoms with Crippen LogP contribution < -0.4 is 15.4 Å². The summed E-state index contributed by atoms with van der Waals surface area (Å²) in [5.41, 5.74) is 2.09. The lowest BCUT2D eigenvalue weighted by Crippen LogP contribution is -2.27. The number of hydrogen-bond donors (Lipinski definition) is 2. The molecule has 0 fully saturated rings. The van der Waals surface area contributed by atoms with Gasteiger partial charge in [0.25, 0.3) is 5.91 Å². The van der Waals surface area contributed by atoms with Crippen LogP contribution in [0.4, 0.5) is 15.8 Å². The van der Waals surface area contributed by atoms with Crippen molar-refractivity contribution in [3.8, 4) is 5.75 Å². The van der Waals surface area contributed by atoms with Crippen LogP contribution in [0.2, 0.25) is 0 Å². The minimum atomic E-state index is -0.632. The summed E-state index contributed by atoms with van der Waals surface area (Å²) in [6.45, 7) is 0. The van der Waals surface area contributed by atoms with E-state index in [1.54, 1.807) is 43.5 Å². The van der Waals surface area contributed by atoms with Gasteiger partial charge in [0.15, 0.2) is 0 Å². The number of rotatable bonds is 6. The zero-order valence-electron chi connectivity index (χ0n) is 14.3. The van der Waals surface area contributed by atoms with Gasteiger partial charge in [-0.05, 0) is 42.0 Å². The van der Waals surface area contributed by atoms with Gasteiger partial charge in [0.2, 0.25) is 0 Å². The van der Waals surface area contributed by atoms with Gasteiger partial charge in [0.05, 0.1) is 7.11 Å². The van der Waals surface area contributed by atoms with E-state index in [1.165, 1.54) is 12.1 Å². The molecule has 1 atom stereocenters. The lowest BCUT2D eigenvalue weighted by atomic mass is 10.1. The summed E-state index contributed by atoms with van der Waals surface area (Å²) < 4.78 is 18.3. The molecule has 0 aliphatic carbocycles. The van der Waals surface area contributed by atoms with Crippen LogP contribution in [0.1, 0.15) is 11.6 Å². The lowest BCUT2D eigenvalue weighted by molar-refractivity contribution is -0.117. The van der Waals surface area contributed by atoms with Crippen molar-refractivity contribution in [2.24, 2.45) is 0 Å². The molecule has 3 rings (SSSR count). The second-order valence-corrected chi connectivity index (χ2v) is 5.72. The fourth-order valence-electron chi connectivity index (χ4n) is 2.57. The quantitative estimate of drug-likeness (QED) is 0.682. The van der Waals surface area contributed by atoms with Gasteiger partial charge in [-0.25, -0.2) is 4.39 Å². The summed E-state index contributed by atoms with van der Waals surface area (Å²) >= 11 is 0. The fourth-order valence-corrected chi connectivity index (χ4v) is 2.57. The fraction of sp³-hybridized carbons (Fsp3) is 0.0952. The number of anilines is 2. The van der Waals surface area contributed by atoms with E-state index in [1.807, 2.05) is 30.3 Å². The van der Waals surface area contributed by atoms with Crippen molar-refractivity contribution in [2.45, 2.75) is 6.04 Å². The molecule has 132 valence electrons. The van der Waals surface area contributed by atoms with E-state index >= 15 is 0 Å². The Morgan fingerprint density at radius 3 is 2.35 bits per heavy atom. The van der Waals surface area contributed by atoms with Crippen molar-refractivity contribution in [2.75, 3.05) is 17.7 Å².